The Morgan fingerprint density at radius 2 is 2.00 bits per heavy atom. The average molecular weight is 462 g/mol. The predicted octanol–water partition coefficient (Wildman–Crippen LogP) is 2.42. The number of amides is 3. The molecule has 1 aromatic rings. The Morgan fingerprint density at radius 3 is 2.72 bits per heavy atom. The molecule has 2 saturated heterocycles. The Morgan fingerprint density at radius 1 is 1.22 bits per heavy atom. The van der Waals surface area contributed by atoms with Crippen LogP contribution in [0.2, 0.25) is 5.02 Å². The van der Waals surface area contributed by atoms with Gasteiger partial charge >= 0.3 is 0 Å². The summed E-state index contributed by atoms with van der Waals surface area (Å²) < 4.78 is 0. The van der Waals surface area contributed by atoms with Gasteiger partial charge in [0.1, 0.15) is 0 Å². The van der Waals surface area contributed by atoms with Crippen molar-refractivity contribution in [1.29, 1.82) is 0 Å². The standard InChI is InChI=1S/C24H32ClN3O4/c1-17-12-21(29)16-27(14-17)23(31)8-10-26-15-18(2)28(11-9-22(26)30)24(32)7-6-19-4-3-5-20(25)13-19/h3-7,13,17-18,21,29H,8-12,14-16H2,1-2H3/t17-,18+,21-/m0/s1. The number of likely N-dealkylation sites (tertiary alicyclic amines) is 1. The second-order valence-corrected chi connectivity index (χ2v) is 9.34. The fraction of sp³-hybridized carbons (Fsp3) is 0.542. The molecule has 0 saturated carbocycles. The molecule has 0 spiro atoms. The van der Waals surface area contributed by atoms with Crippen LogP contribution >= 0.6 is 11.6 Å². The smallest absolute Gasteiger partial charge is 0.246 e. The lowest BCUT2D eigenvalue weighted by Crippen LogP contribution is -2.47. The Bertz CT molecular complexity index is 865. The molecule has 3 rings (SSSR count). The zero-order valence-electron chi connectivity index (χ0n) is 18.7. The van der Waals surface area contributed by atoms with E-state index in [1.54, 1.807) is 32.9 Å². The van der Waals surface area contributed by atoms with Crippen molar-refractivity contribution in [2.24, 2.45) is 5.92 Å². The lowest BCUT2D eigenvalue weighted by atomic mass is 9.98. The summed E-state index contributed by atoms with van der Waals surface area (Å²) in [6.07, 6.45) is 3.91. The Labute approximate surface area is 194 Å². The fourth-order valence-electron chi connectivity index (χ4n) is 4.44. The average Bonchev–Trinajstić information content (AvgIpc) is 2.87. The first kappa shape index (κ1) is 24.3. The van der Waals surface area contributed by atoms with Crippen molar-refractivity contribution < 1.29 is 19.5 Å². The predicted molar refractivity (Wildman–Crippen MR) is 124 cm³/mol. The van der Waals surface area contributed by atoms with Crippen LogP contribution in [0.25, 0.3) is 6.08 Å². The van der Waals surface area contributed by atoms with Crippen LogP contribution in [0.4, 0.5) is 0 Å². The molecule has 0 aromatic heterocycles. The number of halogens is 1. The monoisotopic (exact) mass is 461 g/mol. The number of carbonyl (C=O) groups is 3. The number of aliphatic hydroxyl groups excluding tert-OH is 1. The molecule has 2 aliphatic rings. The van der Waals surface area contributed by atoms with E-state index in [-0.39, 0.29) is 42.5 Å². The van der Waals surface area contributed by atoms with Gasteiger partial charge in [-0.3, -0.25) is 14.4 Å². The third-order valence-electron chi connectivity index (χ3n) is 6.07. The van der Waals surface area contributed by atoms with Gasteiger partial charge < -0.3 is 19.8 Å². The number of piperidine rings is 1. The number of rotatable bonds is 5. The molecule has 1 N–H and O–H groups in total. The summed E-state index contributed by atoms with van der Waals surface area (Å²) in [7, 11) is 0. The van der Waals surface area contributed by atoms with Crippen LogP contribution in [0.3, 0.4) is 0 Å². The van der Waals surface area contributed by atoms with Gasteiger partial charge in [-0.15, -0.1) is 0 Å². The Hall–Kier alpha value is -2.38. The third-order valence-corrected chi connectivity index (χ3v) is 6.31. The maximum absolute atomic E-state index is 12.8. The van der Waals surface area contributed by atoms with E-state index in [0.29, 0.717) is 44.2 Å². The first-order chi connectivity index (χ1) is 15.2. The molecule has 1 aromatic carbocycles. The molecule has 2 heterocycles. The molecule has 2 aliphatic heterocycles. The summed E-state index contributed by atoms with van der Waals surface area (Å²) >= 11 is 5.99. The summed E-state index contributed by atoms with van der Waals surface area (Å²) in [6, 6.07) is 7.08. The highest BCUT2D eigenvalue weighted by molar-refractivity contribution is 6.30. The van der Waals surface area contributed by atoms with Crippen LogP contribution in [0.1, 0.15) is 38.7 Å². The molecule has 2 fully saturated rings. The Kier molecular flexibility index (Phi) is 8.32. The first-order valence-electron chi connectivity index (χ1n) is 11.2. The number of benzene rings is 1. The van der Waals surface area contributed by atoms with Crippen LogP contribution in [0, 0.1) is 5.92 Å². The molecular weight excluding hydrogens is 430 g/mol. The van der Waals surface area contributed by atoms with Crippen molar-refractivity contribution in [3.05, 3.63) is 40.9 Å². The van der Waals surface area contributed by atoms with Crippen molar-refractivity contribution in [1.82, 2.24) is 14.7 Å². The van der Waals surface area contributed by atoms with E-state index in [2.05, 4.69) is 0 Å². The minimum Gasteiger partial charge on any atom is -0.391 e. The van der Waals surface area contributed by atoms with Crippen molar-refractivity contribution in [2.75, 3.05) is 32.7 Å². The van der Waals surface area contributed by atoms with Crippen LogP contribution in [0.5, 0.6) is 0 Å². The second kappa shape index (κ2) is 11.0. The lowest BCUT2D eigenvalue weighted by Gasteiger charge is -2.35. The fourth-order valence-corrected chi connectivity index (χ4v) is 4.64. The maximum Gasteiger partial charge on any atom is 0.246 e. The first-order valence-corrected chi connectivity index (χ1v) is 11.6. The van der Waals surface area contributed by atoms with Gasteiger partial charge in [0.15, 0.2) is 0 Å². The Balaban J connectivity index is 1.55. The van der Waals surface area contributed by atoms with Crippen molar-refractivity contribution >= 4 is 35.4 Å². The molecule has 174 valence electrons. The molecule has 0 unspecified atom stereocenters. The van der Waals surface area contributed by atoms with E-state index < -0.39 is 6.10 Å². The van der Waals surface area contributed by atoms with Crippen molar-refractivity contribution in [3.63, 3.8) is 0 Å². The van der Waals surface area contributed by atoms with Gasteiger partial charge in [0.2, 0.25) is 17.7 Å². The van der Waals surface area contributed by atoms with Gasteiger partial charge in [0.25, 0.3) is 0 Å². The van der Waals surface area contributed by atoms with E-state index in [1.165, 1.54) is 6.08 Å². The molecule has 0 bridgehead atoms. The summed E-state index contributed by atoms with van der Waals surface area (Å²) in [4.78, 5) is 43.1. The zero-order chi connectivity index (χ0) is 23.3. The number of hydrogen-bond donors (Lipinski definition) is 1. The van der Waals surface area contributed by atoms with Crippen LogP contribution < -0.4 is 0 Å². The largest absolute Gasteiger partial charge is 0.391 e. The van der Waals surface area contributed by atoms with Crippen molar-refractivity contribution in [2.45, 2.75) is 45.3 Å². The van der Waals surface area contributed by atoms with E-state index in [4.69, 9.17) is 11.6 Å². The SMILES string of the molecule is C[C@H]1C[C@H](O)CN(C(=O)CCN2C[C@@H](C)N(C(=O)C=Cc3cccc(Cl)c3)CCC2=O)C1. The number of carbonyl (C=O) groups excluding carboxylic acids is 3. The highest BCUT2D eigenvalue weighted by atomic mass is 35.5. The summed E-state index contributed by atoms with van der Waals surface area (Å²) in [5, 5.41) is 10.5. The van der Waals surface area contributed by atoms with Crippen LogP contribution in [0.15, 0.2) is 30.3 Å². The molecule has 3 amide bonds. The number of hydrogen-bond acceptors (Lipinski definition) is 4. The molecule has 3 atom stereocenters. The van der Waals surface area contributed by atoms with Crippen LogP contribution in [-0.2, 0) is 14.4 Å². The number of nitrogens with zero attached hydrogens (tertiary/aromatic N) is 3. The normalized spacial score (nSPS) is 24.7. The molecule has 7 nitrogen and oxygen atoms in total. The van der Waals surface area contributed by atoms with Gasteiger partial charge in [-0.05, 0) is 43.0 Å². The zero-order valence-corrected chi connectivity index (χ0v) is 19.5. The van der Waals surface area contributed by atoms with Gasteiger partial charge in [-0.1, -0.05) is 30.7 Å². The highest BCUT2D eigenvalue weighted by Gasteiger charge is 2.30. The third kappa shape index (κ3) is 6.56. The minimum absolute atomic E-state index is 0.0438. The molecule has 32 heavy (non-hydrogen) atoms. The van der Waals surface area contributed by atoms with E-state index in [1.807, 2.05) is 26.0 Å². The summed E-state index contributed by atoms with van der Waals surface area (Å²) in [6.45, 7) is 6.00. The maximum atomic E-state index is 12.8. The summed E-state index contributed by atoms with van der Waals surface area (Å²) in [5.41, 5.74) is 0.835. The molecule has 8 heteroatoms. The van der Waals surface area contributed by atoms with Gasteiger partial charge in [0, 0.05) is 62.7 Å². The second-order valence-electron chi connectivity index (χ2n) is 8.90. The van der Waals surface area contributed by atoms with Gasteiger partial charge in [-0.2, -0.15) is 0 Å². The quantitative estimate of drug-likeness (QED) is 0.683. The van der Waals surface area contributed by atoms with E-state index >= 15 is 0 Å². The highest BCUT2D eigenvalue weighted by Crippen LogP contribution is 2.18. The van der Waals surface area contributed by atoms with Gasteiger partial charge in [-0.25, -0.2) is 0 Å². The van der Waals surface area contributed by atoms with Crippen LogP contribution in [-0.4, -0.2) is 82.4 Å². The topological polar surface area (TPSA) is 81.2 Å². The number of β-amino-alcohol motifs (C(OH)–C–C–N with tert-alkyl or cyclic N) is 1. The molecule has 0 radical (unpaired) electrons. The van der Waals surface area contributed by atoms with Crippen molar-refractivity contribution in [3.8, 4) is 0 Å². The summed E-state index contributed by atoms with van der Waals surface area (Å²) in [5.74, 6) is 0.0186. The van der Waals surface area contributed by atoms with E-state index in [9.17, 15) is 19.5 Å². The molecular formula is C24H32ClN3O4. The number of aliphatic hydroxyl groups is 1. The van der Waals surface area contributed by atoms with E-state index in [0.717, 1.165) is 5.56 Å². The molecule has 0 aliphatic carbocycles. The lowest BCUT2D eigenvalue weighted by molar-refractivity contribution is -0.137. The minimum atomic E-state index is -0.484. The van der Waals surface area contributed by atoms with Gasteiger partial charge in [0.05, 0.1) is 6.10 Å².